The standard InChI is InChI=1S/C26H25FN2O4/c27-21-9-7-20(8-10-21)26(31)29-22-4-1-3-19(15-22)17-28-25(30)12-6-18-5-11-23-24(16-18)33-14-2-13-32-23/h1,3-5,7-11,15-16H,2,6,12-14,17H2,(H,28,30)(H,29,31). The number of fused-ring (bicyclic) bond motifs is 1. The molecule has 2 N–H and O–H groups in total. The molecule has 0 fully saturated rings. The van der Waals surface area contributed by atoms with Gasteiger partial charge in [0.25, 0.3) is 5.91 Å². The van der Waals surface area contributed by atoms with Crippen molar-refractivity contribution in [3.8, 4) is 11.5 Å². The lowest BCUT2D eigenvalue weighted by molar-refractivity contribution is -0.121. The topological polar surface area (TPSA) is 76.7 Å². The monoisotopic (exact) mass is 448 g/mol. The second-order valence-electron chi connectivity index (χ2n) is 7.77. The Kier molecular flexibility index (Phi) is 7.19. The number of aryl methyl sites for hydroxylation is 1. The summed E-state index contributed by atoms with van der Waals surface area (Å²) in [6, 6.07) is 18.4. The molecule has 0 saturated carbocycles. The Morgan fingerprint density at radius 2 is 1.67 bits per heavy atom. The predicted molar refractivity (Wildman–Crippen MR) is 123 cm³/mol. The number of hydrogen-bond donors (Lipinski definition) is 2. The van der Waals surface area contributed by atoms with Crippen LogP contribution < -0.4 is 20.1 Å². The highest BCUT2D eigenvalue weighted by Gasteiger charge is 2.12. The molecule has 1 aliphatic heterocycles. The lowest BCUT2D eigenvalue weighted by Crippen LogP contribution is -2.23. The number of rotatable bonds is 7. The van der Waals surface area contributed by atoms with E-state index in [0.717, 1.165) is 29.0 Å². The van der Waals surface area contributed by atoms with E-state index in [9.17, 15) is 14.0 Å². The first-order valence-corrected chi connectivity index (χ1v) is 10.9. The zero-order chi connectivity index (χ0) is 23.0. The molecule has 170 valence electrons. The second-order valence-corrected chi connectivity index (χ2v) is 7.77. The third kappa shape index (κ3) is 6.32. The van der Waals surface area contributed by atoms with E-state index in [1.165, 1.54) is 24.3 Å². The Bertz CT molecular complexity index is 1130. The van der Waals surface area contributed by atoms with Gasteiger partial charge in [0.2, 0.25) is 5.91 Å². The van der Waals surface area contributed by atoms with Crippen LogP contribution in [0.4, 0.5) is 10.1 Å². The number of benzene rings is 3. The van der Waals surface area contributed by atoms with Crippen LogP contribution in [0.15, 0.2) is 66.7 Å². The molecule has 6 nitrogen and oxygen atoms in total. The Morgan fingerprint density at radius 1 is 0.879 bits per heavy atom. The molecular formula is C26H25FN2O4. The van der Waals surface area contributed by atoms with Crippen molar-refractivity contribution in [2.45, 2.75) is 25.8 Å². The summed E-state index contributed by atoms with van der Waals surface area (Å²) in [6.07, 6.45) is 1.79. The van der Waals surface area contributed by atoms with Gasteiger partial charge in [-0.05, 0) is 66.1 Å². The van der Waals surface area contributed by atoms with Crippen molar-refractivity contribution in [1.29, 1.82) is 0 Å². The highest BCUT2D eigenvalue weighted by atomic mass is 19.1. The summed E-state index contributed by atoms with van der Waals surface area (Å²) in [5.74, 6) is 0.680. The van der Waals surface area contributed by atoms with Gasteiger partial charge in [0.1, 0.15) is 5.82 Å². The largest absolute Gasteiger partial charge is 0.490 e. The fourth-order valence-electron chi connectivity index (χ4n) is 3.47. The third-order valence-corrected chi connectivity index (χ3v) is 5.23. The molecule has 0 aromatic heterocycles. The van der Waals surface area contributed by atoms with Gasteiger partial charge in [0, 0.05) is 30.6 Å². The number of halogens is 1. The Morgan fingerprint density at radius 3 is 2.48 bits per heavy atom. The van der Waals surface area contributed by atoms with Crippen LogP contribution in [0.25, 0.3) is 0 Å². The summed E-state index contributed by atoms with van der Waals surface area (Å²) in [6.45, 7) is 1.62. The first-order valence-electron chi connectivity index (χ1n) is 10.9. The van der Waals surface area contributed by atoms with E-state index >= 15 is 0 Å². The van der Waals surface area contributed by atoms with E-state index in [0.29, 0.717) is 43.9 Å². The van der Waals surface area contributed by atoms with Crippen LogP contribution in [0.3, 0.4) is 0 Å². The number of hydrogen-bond acceptors (Lipinski definition) is 4. The van der Waals surface area contributed by atoms with Crippen LogP contribution >= 0.6 is 0 Å². The molecule has 0 radical (unpaired) electrons. The normalized spacial score (nSPS) is 12.5. The van der Waals surface area contributed by atoms with Gasteiger partial charge >= 0.3 is 0 Å². The first kappa shape index (κ1) is 22.3. The minimum absolute atomic E-state index is 0.0668. The summed E-state index contributed by atoms with van der Waals surface area (Å²) in [5, 5.41) is 5.70. The Balaban J connectivity index is 1.27. The number of anilines is 1. The van der Waals surface area contributed by atoms with Gasteiger partial charge < -0.3 is 20.1 Å². The highest BCUT2D eigenvalue weighted by molar-refractivity contribution is 6.04. The number of nitrogens with one attached hydrogen (secondary N) is 2. The zero-order valence-electron chi connectivity index (χ0n) is 18.1. The maximum absolute atomic E-state index is 13.0. The van der Waals surface area contributed by atoms with Crippen LogP contribution in [0.2, 0.25) is 0 Å². The summed E-state index contributed by atoms with van der Waals surface area (Å²) in [5.41, 5.74) is 2.84. The minimum Gasteiger partial charge on any atom is -0.490 e. The van der Waals surface area contributed by atoms with E-state index in [1.807, 2.05) is 24.3 Å². The van der Waals surface area contributed by atoms with Crippen molar-refractivity contribution in [3.63, 3.8) is 0 Å². The molecule has 7 heteroatoms. The average molecular weight is 448 g/mol. The van der Waals surface area contributed by atoms with Crippen LogP contribution in [0, 0.1) is 5.82 Å². The molecule has 2 amide bonds. The van der Waals surface area contributed by atoms with E-state index in [-0.39, 0.29) is 11.8 Å². The van der Waals surface area contributed by atoms with Gasteiger partial charge in [-0.15, -0.1) is 0 Å². The molecule has 3 aromatic carbocycles. The molecule has 0 spiro atoms. The van der Waals surface area contributed by atoms with Gasteiger partial charge in [0.05, 0.1) is 13.2 Å². The summed E-state index contributed by atoms with van der Waals surface area (Å²) >= 11 is 0. The SMILES string of the molecule is O=C(CCc1ccc2c(c1)OCCCO2)NCc1cccc(NC(=O)c2ccc(F)cc2)c1. The second kappa shape index (κ2) is 10.6. The summed E-state index contributed by atoms with van der Waals surface area (Å²) in [4.78, 5) is 24.7. The van der Waals surface area contributed by atoms with Crippen molar-refractivity contribution in [2.75, 3.05) is 18.5 Å². The van der Waals surface area contributed by atoms with Crippen molar-refractivity contribution < 1.29 is 23.5 Å². The van der Waals surface area contributed by atoms with Crippen LogP contribution in [-0.4, -0.2) is 25.0 Å². The lowest BCUT2D eigenvalue weighted by atomic mass is 10.1. The molecule has 0 saturated heterocycles. The highest BCUT2D eigenvalue weighted by Crippen LogP contribution is 2.30. The molecule has 4 rings (SSSR count). The van der Waals surface area contributed by atoms with Crippen LogP contribution in [0.1, 0.15) is 34.3 Å². The molecule has 0 atom stereocenters. The minimum atomic E-state index is -0.395. The summed E-state index contributed by atoms with van der Waals surface area (Å²) in [7, 11) is 0. The summed E-state index contributed by atoms with van der Waals surface area (Å²) < 4.78 is 24.4. The number of ether oxygens (including phenoxy) is 2. The van der Waals surface area contributed by atoms with Crippen LogP contribution in [-0.2, 0) is 17.8 Å². The van der Waals surface area contributed by atoms with Crippen molar-refractivity contribution >= 4 is 17.5 Å². The van der Waals surface area contributed by atoms with Gasteiger partial charge in [-0.2, -0.15) is 0 Å². The van der Waals surface area contributed by atoms with Gasteiger partial charge in [0.15, 0.2) is 11.5 Å². The molecule has 0 unspecified atom stereocenters. The molecule has 33 heavy (non-hydrogen) atoms. The molecule has 3 aromatic rings. The lowest BCUT2D eigenvalue weighted by Gasteiger charge is -2.10. The number of carbonyl (C=O) groups is 2. The molecule has 1 aliphatic rings. The van der Waals surface area contributed by atoms with Crippen molar-refractivity contribution in [3.05, 3.63) is 89.2 Å². The fourth-order valence-corrected chi connectivity index (χ4v) is 3.47. The van der Waals surface area contributed by atoms with Gasteiger partial charge in [-0.1, -0.05) is 18.2 Å². The van der Waals surface area contributed by atoms with Crippen molar-refractivity contribution in [2.24, 2.45) is 0 Å². The first-order chi connectivity index (χ1) is 16.1. The van der Waals surface area contributed by atoms with Crippen LogP contribution in [0.5, 0.6) is 11.5 Å². The zero-order valence-corrected chi connectivity index (χ0v) is 18.1. The van der Waals surface area contributed by atoms with Crippen molar-refractivity contribution in [1.82, 2.24) is 5.32 Å². The number of carbonyl (C=O) groups excluding carboxylic acids is 2. The van der Waals surface area contributed by atoms with E-state index in [1.54, 1.807) is 18.2 Å². The van der Waals surface area contributed by atoms with E-state index in [2.05, 4.69) is 10.6 Å². The Labute approximate surface area is 191 Å². The number of amides is 2. The Hall–Kier alpha value is -3.87. The fraction of sp³-hybridized carbons (Fsp3) is 0.231. The quantitative estimate of drug-likeness (QED) is 0.559. The molecule has 0 bridgehead atoms. The van der Waals surface area contributed by atoms with Gasteiger partial charge in [-0.25, -0.2) is 4.39 Å². The molecular weight excluding hydrogens is 423 g/mol. The maximum atomic E-state index is 13.0. The van der Waals surface area contributed by atoms with E-state index in [4.69, 9.17) is 9.47 Å². The third-order valence-electron chi connectivity index (χ3n) is 5.23. The molecule has 1 heterocycles. The predicted octanol–water partition coefficient (Wildman–Crippen LogP) is 4.49. The average Bonchev–Trinajstić information content (AvgIpc) is 3.07. The maximum Gasteiger partial charge on any atom is 0.255 e. The molecule has 0 aliphatic carbocycles. The smallest absolute Gasteiger partial charge is 0.255 e. The van der Waals surface area contributed by atoms with E-state index < -0.39 is 5.82 Å². The van der Waals surface area contributed by atoms with Gasteiger partial charge in [-0.3, -0.25) is 9.59 Å².